The first-order chi connectivity index (χ1) is 7.07. The van der Waals surface area contributed by atoms with E-state index in [0.717, 1.165) is 5.56 Å². The average molecular weight is 205 g/mol. The minimum Gasteiger partial charge on any atom is -0.475 e. The predicted molar refractivity (Wildman–Crippen MR) is 50.8 cm³/mol. The summed E-state index contributed by atoms with van der Waals surface area (Å²) in [7, 11) is 0. The van der Waals surface area contributed by atoms with Crippen molar-refractivity contribution in [3.63, 3.8) is 0 Å². The molecule has 1 atom stereocenters. The average Bonchev–Trinajstić information content (AvgIpc) is 2.56. The molecule has 0 heterocycles. The van der Waals surface area contributed by atoms with Gasteiger partial charge in [-0.1, -0.05) is 6.07 Å². The van der Waals surface area contributed by atoms with Gasteiger partial charge in [0.1, 0.15) is 5.82 Å². The Kier molecular flexibility index (Phi) is 1.97. The van der Waals surface area contributed by atoms with Crippen LogP contribution >= 0.6 is 0 Å². The lowest BCUT2D eigenvalue weighted by Gasteiger charge is -2.08. The summed E-state index contributed by atoms with van der Waals surface area (Å²) >= 11 is 0. The van der Waals surface area contributed by atoms with Crippen molar-refractivity contribution in [3.05, 3.63) is 46.6 Å². The fourth-order valence-electron chi connectivity index (χ4n) is 1.90. The summed E-state index contributed by atoms with van der Waals surface area (Å²) < 4.78 is 12.9. The minimum atomic E-state index is -1.42. The Balaban J connectivity index is 2.45. The van der Waals surface area contributed by atoms with Crippen LogP contribution in [0.15, 0.2) is 18.2 Å². The van der Waals surface area contributed by atoms with Crippen LogP contribution in [0.4, 0.5) is 4.39 Å². The number of benzene rings is 1. The molecule has 4 heteroatoms. The SMILES string of the molecule is [C-]#[N+]C1(C(=O)O)Cc2ccc(F)cc2C1. The Morgan fingerprint density at radius 3 is 2.73 bits per heavy atom. The van der Waals surface area contributed by atoms with Crippen LogP contribution in [0.5, 0.6) is 0 Å². The number of carbonyl (C=O) groups is 1. The molecule has 0 aliphatic heterocycles. The Bertz CT molecular complexity index is 478. The largest absolute Gasteiger partial charge is 0.475 e. The van der Waals surface area contributed by atoms with E-state index in [0.29, 0.717) is 5.56 Å². The quantitative estimate of drug-likeness (QED) is 0.708. The number of nitrogens with zero attached hydrogens (tertiary/aromatic N) is 1. The zero-order chi connectivity index (χ0) is 11.1. The van der Waals surface area contributed by atoms with Crippen LogP contribution in [0, 0.1) is 12.4 Å². The van der Waals surface area contributed by atoms with Crippen molar-refractivity contribution >= 4 is 5.97 Å². The molecule has 15 heavy (non-hydrogen) atoms. The van der Waals surface area contributed by atoms with Gasteiger partial charge in [0, 0.05) is 0 Å². The third kappa shape index (κ3) is 1.37. The number of carboxylic acids is 1. The molecule has 1 unspecified atom stereocenters. The Labute approximate surface area is 86.0 Å². The number of hydrogen-bond acceptors (Lipinski definition) is 1. The molecule has 0 aromatic heterocycles. The molecule has 2 rings (SSSR count). The van der Waals surface area contributed by atoms with Gasteiger partial charge in [-0.2, -0.15) is 0 Å². The maximum atomic E-state index is 12.9. The van der Waals surface area contributed by atoms with Crippen LogP contribution in [0.25, 0.3) is 4.85 Å². The number of carboxylic acid groups (broad SMARTS) is 1. The standard InChI is InChI=1S/C11H8FNO2/c1-13-11(10(14)15)5-7-2-3-9(12)4-8(7)6-11/h2-4H,5-6H2,(H,14,15). The molecule has 0 radical (unpaired) electrons. The van der Waals surface area contributed by atoms with Crippen LogP contribution in [-0.4, -0.2) is 16.6 Å². The normalized spacial score (nSPS) is 23.2. The Hall–Kier alpha value is -1.89. The van der Waals surface area contributed by atoms with E-state index in [9.17, 15) is 9.18 Å². The third-order valence-electron chi connectivity index (χ3n) is 2.75. The summed E-state index contributed by atoms with van der Waals surface area (Å²) in [4.78, 5) is 14.2. The summed E-state index contributed by atoms with van der Waals surface area (Å²) in [5, 5.41) is 9.00. The molecular weight excluding hydrogens is 197 g/mol. The third-order valence-corrected chi connectivity index (χ3v) is 2.75. The number of fused-ring (bicyclic) bond motifs is 1. The molecule has 1 aromatic carbocycles. The van der Waals surface area contributed by atoms with Gasteiger partial charge in [0.05, 0.1) is 12.8 Å². The van der Waals surface area contributed by atoms with Crippen molar-refractivity contribution in [3.8, 4) is 0 Å². The van der Waals surface area contributed by atoms with Gasteiger partial charge in [-0.25, -0.2) is 15.8 Å². The topological polar surface area (TPSA) is 41.7 Å². The molecule has 1 aliphatic rings. The highest BCUT2D eigenvalue weighted by Crippen LogP contribution is 2.33. The summed E-state index contributed by atoms with van der Waals surface area (Å²) in [5.41, 5.74) is -0.0287. The van der Waals surface area contributed by atoms with Gasteiger partial charge in [0.2, 0.25) is 0 Å². The van der Waals surface area contributed by atoms with E-state index in [-0.39, 0.29) is 18.7 Å². The van der Waals surface area contributed by atoms with Crippen molar-refractivity contribution in [1.29, 1.82) is 0 Å². The maximum Gasteiger partial charge on any atom is 0.391 e. The highest BCUT2D eigenvalue weighted by atomic mass is 19.1. The number of rotatable bonds is 1. The predicted octanol–water partition coefficient (Wildman–Crippen LogP) is 1.67. The van der Waals surface area contributed by atoms with Gasteiger partial charge < -0.3 is 5.11 Å². The highest BCUT2D eigenvalue weighted by Gasteiger charge is 2.51. The van der Waals surface area contributed by atoms with E-state index in [1.807, 2.05) is 0 Å². The Morgan fingerprint density at radius 1 is 1.47 bits per heavy atom. The van der Waals surface area contributed by atoms with Crippen LogP contribution < -0.4 is 0 Å². The molecule has 3 nitrogen and oxygen atoms in total. The fourth-order valence-corrected chi connectivity index (χ4v) is 1.90. The van der Waals surface area contributed by atoms with E-state index in [1.54, 1.807) is 6.07 Å². The lowest BCUT2D eigenvalue weighted by atomic mass is 9.97. The molecule has 0 fully saturated rings. The van der Waals surface area contributed by atoms with Crippen molar-refractivity contribution in [2.45, 2.75) is 18.4 Å². The van der Waals surface area contributed by atoms with Crippen molar-refractivity contribution in [2.75, 3.05) is 0 Å². The first-order valence-electron chi connectivity index (χ1n) is 4.47. The van der Waals surface area contributed by atoms with Gasteiger partial charge in [-0.15, -0.1) is 0 Å². The van der Waals surface area contributed by atoms with Crippen molar-refractivity contribution in [2.24, 2.45) is 0 Å². The van der Waals surface area contributed by atoms with Gasteiger partial charge in [-0.3, -0.25) is 4.85 Å². The van der Waals surface area contributed by atoms with E-state index >= 15 is 0 Å². The second kappa shape index (κ2) is 3.06. The van der Waals surface area contributed by atoms with E-state index in [4.69, 9.17) is 11.7 Å². The monoisotopic (exact) mass is 205 g/mol. The molecule has 0 saturated heterocycles. The molecular formula is C11H8FNO2. The smallest absolute Gasteiger partial charge is 0.391 e. The summed E-state index contributed by atoms with van der Waals surface area (Å²) in [6, 6.07) is 4.16. The van der Waals surface area contributed by atoms with Crippen LogP contribution in [-0.2, 0) is 17.6 Å². The molecule has 0 saturated carbocycles. The lowest BCUT2D eigenvalue weighted by molar-refractivity contribution is -0.141. The van der Waals surface area contributed by atoms with Gasteiger partial charge in [-0.05, 0) is 23.3 Å². The summed E-state index contributed by atoms with van der Waals surface area (Å²) in [6.45, 7) is 6.96. The zero-order valence-electron chi connectivity index (χ0n) is 7.83. The van der Waals surface area contributed by atoms with E-state index in [1.165, 1.54) is 12.1 Å². The molecule has 76 valence electrons. The highest BCUT2D eigenvalue weighted by molar-refractivity contribution is 5.83. The molecule has 0 amide bonds. The summed E-state index contributed by atoms with van der Waals surface area (Å²) in [6.07, 6.45) is 0.264. The zero-order valence-corrected chi connectivity index (χ0v) is 7.83. The maximum absolute atomic E-state index is 12.9. The first kappa shape index (κ1) is 9.66. The lowest BCUT2D eigenvalue weighted by Crippen LogP contribution is -2.35. The number of hydrogen-bond donors (Lipinski definition) is 1. The Morgan fingerprint density at radius 2 is 2.13 bits per heavy atom. The fraction of sp³-hybridized carbons (Fsp3) is 0.273. The van der Waals surface area contributed by atoms with Gasteiger partial charge in [0.15, 0.2) is 0 Å². The minimum absolute atomic E-state index is 0.0962. The second-order valence-electron chi connectivity index (χ2n) is 3.72. The molecule has 1 N–H and O–H groups in total. The van der Waals surface area contributed by atoms with Crippen LogP contribution in [0.3, 0.4) is 0 Å². The molecule has 0 spiro atoms. The van der Waals surface area contributed by atoms with Gasteiger partial charge >= 0.3 is 11.5 Å². The number of halogens is 1. The molecule has 1 aliphatic carbocycles. The molecule has 0 bridgehead atoms. The second-order valence-corrected chi connectivity index (χ2v) is 3.72. The summed E-state index contributed by atoms with van der Waals surface area (Å²) in [5.74, 6) is -1.52. The molecule has 1 aromatic rings. The number of aliphatic carboxylic acids is 1. The first-order valence-corrected chi connectivity index (χ1v) is 4.47. The van der Waals surface area contributed by atoms with Crippen molar-refractivity contribution < 1.29 is 14.3 Å². The van der Waals surface area contributed by atoms with Crippen LogP contribution in [0.1, 0.15) is 11.1 Å². The van der Waals surface area contributed by atoms with Crippen LogP contribution in [0.2, 0.25) is 0 Å². The van der Waals surface area contributed by atoms with E-state index in [2.05, 4.69) is 4.85 Å². The van der Waals surface area contributed by atoms with Gasteiger partial charge in [0.25, 0.3) is 0 Å². The van der Waals surface area contributed by atoms with E-state index < -0.39 is 11.5 Å². The van der Waals surface area contributed by atoms with Crippen molar-refractivity contribution in [1.82, 2.24) is 0 Å².